The number of fused-ring (bicyclic) bond motifs is 1. The van der Waals surface area contributed by atoms with E-state index < -0.39 is 0 Å². The van der Waals surface area contributed by atoms with Crippen LogP contribution < -0.4 is 0 Å². The van der Waals surface area contributed by atoms with Crippen molar-refractivity contribution in [3.05, 3.63) is 100 Å². The van der Waals surface area contributed by atoms with Gasteiger partial charge in [-0.05, 0) is 53.1 Å². The van der Waals surface area contributed by atoms with Crippen LogP contribution in [0.25, 0.3) is 28.2 Å². The van der Waals surface area contributed by atoms with Crippen LogP contribution in [0, 0.1) is 5.82 Å². The van der Waals surface area contributed by atoms with Crippen molar-refractivity contribution in [2.45, 2.75) is 6.42 Å². The minimum atomic E-state index is -0.310. The summed E-state index contributed by atoms with van der Waals surface area (Å²) in [7, 11) is 0. The summed E-state index contributed by atoms with van der Waals surface area (Å²) in [6.07, 6.45) is 3.46. The number of hydrogen-bond acceptors (Lipinski definition) is 2. The molecular formula is C29H25BrFN3O2. The van der Waals surface area contributed by atoms with Gasteiger partial charge in [-0.1, -0.05) is 58.4 Å². The highest BCUT2D eigenvalue weighted by Gasteiger charge is 2.25. The lowest BCUT2D eigenvalue weighted by atomic mass is 10.0. The van der Waals surface area contributed by atoms with Gasteiger partial charge in [0.15, 0.2) is 0 Å². The number of carbonyl (C=O) groups excluding carboxylic acids is 2. The van der Waals surface area contributed by atoms with Crippen LogP contribution in [0.5, 0.6) is 0 Å². The molecule has 0 aliphatic carbocycles. The second-order valence-electron chi connectivity index (χ2n) is 8.80. The summed E-state index contributed by atoms with van der Waals surface area (Å²) in [6.45, 7) is 1.93. The smallest absolute Gasteiger partial charge is 0.246 e. The van der Waals surface area contributed by atoms with Crippen molar-refractivity contribution in [2.75, 3.05) is 26.2 Å². The van der Waals surface area contributed by atoms with Crippen LogP contribution in [0.2, 0.25) is 0 Å². The molecule has 1 aliphatic rings. The van der Waals surface area contributed by atoms with E-state index in [1.807, 2.05) is 53.4 Å². The van der Waals surface area contributed by atoms with Crippen molar-refractivity contribution in [3.63, 3.8) is 0 Å². The first kappa shape index (κ1) is 24.0. The number of rotatable bonds is 5. The molecule has 4 aromatic rings. The highest BCUT2D eigenvalue weighted by molar-refractivity contribution is 9.10. The molecule has 5 nitrogen and oxygen atoms in total. The maximum atomic E-state index is 13.3. The lowest BCUT2D eigenvalue weighted by Gasteiger charge is -2.34. The first-order valence-corrected chi connectivity index (χ1v) is 12.6. The molecular weight excluding hydrogens is 521 g/mol. The number of aromatic amines is 1. The van der Waals surface area contributed by atoms with Crippen molar-refractivity contribution in [1.29, 1.82) is 0 Å². The number of carbonyl (C=O) groups is 2. The molecule has 1 aliphatic heterocycles. The zero-order chi connectivity index (χ0) is 25.1. The Hall–Kier alpha value is -3.71. The SMILES string of the molecule is O=C(C=Cc1ccc(F)cc1)N1CCN(C(=O)Cc2c(-c3ccccc3)[nH]c3ccc(Br)cc23)CC1. The van der Waals surface area contributed by atoms with Crippen LogP contribution >= 0.6 is 15.9 Å². The monoisotopic (exact) mass is 545 g/mol. The lowest BCUT2D eigenvalue weighted by molar-refractivity contribution is -0.136. The number of amides is 2. The van der Waals surface area contributed by atoms with Gasteiger partial charge in [0, 0.05) is 47.6 Å². The quantitative estimate of drug-likeness (QED) is 0.329. The molecule has 1 N–H and O–H groups in total. The molecule has 2 amide bonds. The molecule has 1 fully saturated rings. The molecule has 5 rings (SSSR count). The Bertz CT molecular complexity index is 1420. The number of nitrogens with one attached hydrogen (secondary N) is 1. The van der Waals surface area contributed by atoms with Gasteiger partial charge in [-0.3, -0.25) is 9.59 Å². The number of piperazine rings is 1. The molecule has 0 saturated carbocycles. The minimum Gasteiger partial charge on any atom is -0.354 e. The van der Waals surface area contributed by atoms with Crippen molar-refractivity contribution < 1.29 is 14.0 Å². The molecule has 0 radical (unpaired) electrons. The van der Waals surface area contributed by atoms with Crippen LogP contribution in [-0.4, -0.2) is 52.8 Å². The standard InChI is InChI=1S/C29H25BrFN3O2/c30-22-9-12-26-24(18-22)25(29(32-26)21-4-2-1-3-5-21)19-28(36)34-16-14-33(15-17-34)27(35)13-8-20-6-10-23(31)11-7-20/h1-13,18,32H,14-17,19H2. The first-order valence-electron chi connectivity index (χ1n) is 11.8. The Kier molecular flexibility index (Phi) is 7.00. The second kappa shape index (κ2) is 10.5. The van der Waals surface area contributed by atoms with Crippen LogP contribution in [0.1, 0.15) is 11.1 Å². The van der Waals surface area contributed by atoms with Gasteiger partial charge in [-0.25, -0.2) is 4.39 Å². The van der Waals surface area contributed by atoms with E-state index in [-0.39, 0.29) is 24.1 Å². The molecule has 0 spiro atoms. The molecule has 36 heavy (non-hydrogen) atoms. The molecule has 1 aromatic heterocycles. The number of hydrogen-bond donors (Lipinski definition) is 1. The van der Waals surface area contributed by atoms with E-state index >= 15 is 0 Å². The maximum Gasteiger partial charge on any atom is 0.246 e. The molecule has 1 saturated heterocycles. The number of nitrogens with zero attached hydrogens (tertiary/aromatic N) is 2. The van der Waals surface area contributed by atoms with E-state index in [9.17, 15) is 14.0 Å². The van der Waals surface area contributed by atoms with Gasteiger partial charge >= 0.3 is 0 Å². The fourth-order valence-electron chi connectivity index (χ4n) is 4.54. The fourth-order valence-corrected chi connectivity index (χ4v) is 4.90. The Morgan fingerprint density at radius 2 is 1.61 bits per heavy atom. The minimum absolute atomic E-state index is 0.0435. The largest absolute Gasteiger partial charge is 0.354 e. The van der Waals surface area contributed by atoms with Gasteiger partial charge in [0.25, 0.3) is 0 Å². The third-order valence-corrected chi connectivity index (χ3v) is 6.98. The summed E-state index contributed by atoms with van der Waals surface area (Å²) in [6, 6.07) is 22.1. The van der Waals surface area contributed by atoms with Gasteiger partial charge in [0.05, 0.1) is 12.1 Å². The third-order valence-electron chi connectivity index (χ3n) is 6.49. The fraction of sp³-hybridized carbons (Fsp3) is 0.172. The van der Waals surface area contributed by atoms with Crippen molar-refractivity contribution in [3.8, 4) is 11.3 Å². The zero-order valence-corrected chi connectivity index (χ0v) is 21.2. The molecule has 0 bridgehead atoms. The van der Waals surface area contributed by atoms with Crippen molar-refractivity contribution in [1.82, 2.24) is 14.8 Å². The van der Waals surface area contributed by atoms with Crippen LogP contribution in [0.15, 0.2) is 83.3 Å². The number of benzene rings is 3. The highest BCUT2D eigenvalue weighted by Crippen LogP contribution is 2.32. The van der Waals surface area contributed by atoms with Crippen LogP contribution in [0.3, 0.4) is 0 Å². The average molecular weight is 546 g/mol. The normalized spacial score (nSPS) is 14.1. The summed E-state index contributed by atoms with van der Waals surface area (Å²) in [5, 5.41) is 1.02. The Balaban J connectivity index is 1.27. The zero-order valence-electron chi connectivity index (χ0n) is 19.6. The van der Waals surface area contributed by atoms with Crippen LogP contribution in [0.4, 0.5) is 4.39 Å². The highest BCUT2D eigenvalue weighted by atomic mass is 79.9. The summed E-state index contributed by atoms with van der Waals surface area (Å²) in [4.78, 5) is 33.0. The van der Waals surface area contributed by atoms with E-state index in [2.05, 4.69) is 20.9 Å². The summed E-state index contributed by atoms with van der Waals surface area (Å²) < 4.78 is 14.0. The molecule has 2 heterocycles. The molecule has 3 aromatic carbocycles. The number of aromatic nitrogens is 1. The first-order chi connectivity index (χ1) is 17.5. The van der Waals surface area contributed by atoms with Crippen LogP contribution in [-0.2, 0) is 16.0 Å². The van der Waals surface area contributed by atoms with Crippen molar-refractivity contribution >= 4 is 44.7 Å². The molecule has 0 atom stereocenters. The van der Waals surface area contributed by atoms with E-state index in [4.69, 9.17) is 0 Å². The number of H-pyrrole nitrogens is 1. The van der Waals surface area contributed by atoms with Gasteiger partial charge in [-0.2, -0.15) is 0 Å². The molecule has 7 heteroatoms. The Morgan fingerprint density at radius 1 is 0.917 bits per heavy atom. The van der Waals surface area contributed by atoms with E-state index in [0.717, 1.165) is 37.8 Å². The van der Waals surface area contributed by atoms with E-state index in [0.29, 0.717) is 26.2 Å². The topological polar surface area (TPSA) is 56.4 Å². The van der Waals surface area contributed by atoms with Gasteiger partial charge in [0.1, 0.15) is 5.82 Å². The third kappa shape index (κ3) is 5.26. The van der Waals surface area contributed by atoms with Gasteiger partial charge in [0.2, 0.25) is 11.8 Å². The second-order valence-corrected chi connectivity index (χ2v) is 9.72. The average Bonchev–Trinajstić information content (AvgIpc) is 3.26. The van der Waals surface area contributed by atoms with Gasteiger partial charge in [-0.15, -0.1) is 0 Å². The Labute approximate surface area is 217 Å². The summed E-state index contributed by atoms with van der Waals surface area (Å²) in [5.74, 6) is -0.378. The molecule has 182 valence electrons. The van der Waals surface area contributed by atoms with E-state index in [1.165, 1.54) is 18.2 Å². The predicted octanol–water partition coefficient (Wildman–Crippen LogP) is 5.66. The lowest BCUT2D eigenvalue weighted by Crippen LogP contribution is -2.50. The maximum absolute atomic E-state index is 13.3. The van der Waals surface area contributed by atoms with Crippen molar-refractivity contribution in [2.24, 2.45) is 0 Å². The van der Waals surface area contributed by atoms with Gasteiger partial charge < -0.3 is 14.8 Å². The predicted molar refractivity (Wildman–Crippen MR) is 144 cm³/mol. The molecule has 0 unspecified atom stereocenters. The Morgan fingerprint density at radius 3 is 2.33 bits per heavy atom. The van der Waals surface area contributed by atoms with E-state index in [1.54, 1.807) is 23.1 Å². The number of halogens is 2. The summed E-state index contributed by atoms with van der Waals surface area (Å²) in [5.41, 5.74) is 4.72. The summed E-state index contributed by atoms with van der Waals surface area (Å²) >= 11 is 3.56.